The van der Waals surface area contributed by atoms with Crippen LogP contribution in [-0.4, -0.2) is 5.52 Å². The summed E-state index contributed by atoms with van der Waals surface area (Å²) in [6.45, 7) is 10.6. The second-order valence-electron chi connectivity index (χ2n) is 8.13. The number of hydrogen-bond donors (Lipinski definition) is 0. The Morgan fingerprint density at radius 1 is 0.862 bits per heavy atom. The number of hydrogen-bond acceptors (Lipinski definition) is 2. The van der Waals surface area contributed by atoms with Crippen molar-refractivity contribution in [3.05, 3.63) is 89.0 Å². The van der Waals surface area contributed by atoms with Crippen LogP contribution in [0.15, 0.2) is 66.7 Å². The van der Waals surface area contributed by atoms with E-state index in [0.29, 0.717) is 0 Å². The molecule has 0 fully saturated rings. The summed E-state index contributed by atoms with van der Waals surface area (Å²) < 4.78 is 5.95. The average molecular weight is 398 g/mol. The van der Waals surface area contributed by atoms with Crippen LogP contribution in [0.5, 0.6) is 11.5 Å². The normalized spacial score (nSPS) is 11.3. The molecule has 0 spiro atoms. The van der Waals surface area contributed by atoms with E-state index in [-0.39, 0.29) is 39.8 Å². The van der Waals surface area contributed by atoms with E-state index in [0.717, 1.165) is 33.5 Å². The van der Waals surface area contributed by atoms with E-state index in [4.69, 9.17) is 4.74 Å². The molecule has 29 heavy (non-hydrogen) atoms. The molecule has 0 saturated carbocycles. The summed E-state index contributed by atoms with van der Waals surface area (Å²) in [6.07, 6.45) is 0. The first-order chi connectivity index (χ1) is 13.2. The van der Waals surface area contributed by atoms with Gasteiger partial charge in [-0.15, -0.1) is 0 Å². The van der Waals surface area contributed by atoms with Gasteiger partial charge in [0.25, 0.3) is 0 Å². The maximum absolute atomic E-state index is 12.8. The summed E-state index contributed by atoms with van der Waals surface area (Å²) in [5.74, 6) is 1.61. The molecule has 3 aromatic carbocycles. The third-order valence-electron chi connectivity index (χ3n) is 4.74. The van der Waals surface area contributed by atoms with Gasteiger partial charge in [0.1, 0.15) is 11.5 Å². The van der Waals surface area contributed by atoms with Gasteiger partial charge in [0, 0.05) is 5.56 Å². The molecule has 0 aliphatic carbocycles. The third kappa shape index (κ3) is 6.07. The van der Waals surface area contributed by atoms with Crippen molar-refractivity contribution in [1.29, 1.82) is 0 Å². The maximum atomic E-state index is 12.8. The molecule has 146 valence electrons. The van der Waals surface area contributed by atoms with E-state index in [1.807, 2.05) is 68.4 Å². The molecule has 0 N–H and O–H groups in total. The van der Waals surface area contributed by atoms with E-state index in [1.54, 1.807) is 0 Å². The van der Waals surface area contributed by atoms with Crippen molar-refractivity contribution in [2.45, 2.75) is 40.0 Å². The fourth-order valence-corrected chi connectivity index (χ4v) is 4.19. The van der Waals surface area contributed by atoms with Gasteiger partial charge in [0.2, 0.25) is 0 Å². The predicted octanol–water partition coefficient (Wildman–Crippen LogP) is 3.65. The summed E-state index contributed by atoms with van der Waals surface area (Å²) in [5, 5.41) is 1.10. The minimum absolute atomic E-state index is 0. The van der Waals surface area contributed by atoms with E-state index in [2.05, 4.69) is 32.9 Å². The molecule has 3 rings (SSSR count). The first-order valence-corrected chi connectivity index (χ1v) is 10.5. The quantitative estimate of drug-likeness (QED) is 0.484. The minimum atomic E-state index is 0. The van der Waals surface area contributed by atoms with Crippen molar-refractivity contribution in [2.75, 3.05) is 0 Å². The summed E-state index contributed by atoms with van der Waals surface area (Å²) in [6, 6.07) is 21.8. The van der Waals surface area contributed by atoms with E-state index in [9.17, 15) is 4.79 Å². The maximum Gasteiger partial charge on any atom is 1.00 e. The Kier molecular flexibility index (Phi) is 7.90. The first-order valence-electron chi connectivity index (χ1n) is 9.50. The Morgan fingerprint density at radius 3 is 1.93 bits per heavy atom. The smallest absolute Gasteiger partial charge is 1.00 e. The van der Waals surface area contributed by atoms with Crippen LogP contribution in [-0.2, 0) is 5.41 Å². The van der Waals surface area contributed by atoms with Crippen molar-refractivity contribution < 1.29 is 29.8 Å². The third-order valence-corrected chi connectivity index (χ3v) is 6.29. The Balaban J connectivity index is 0.00000225. The largest absolute Gasteiger partial charge is 1.00 e. The zero-order valence-corrected chi connectivity index (χ0v) is 19.2. The van der Waals surface area contributed by atoms with Gasteiger partial charge >= 0.3 is 18.9 Å². The van der Waals surface area contributed by atoms with Crippen LogP contribution in [0, 0.1) is 13.8 Å². The molecule has 2 nitrogen and oxygen atoms in total. The van der Waals surface area contributed by atoms with E-state index in [1.165, 1.54) is 5.56 Å². The number of carbonyl (C=O) groups is 1. The molecule has 0 aliphatic rings. The second-order valence-corrected chi connectivity index (χ2v) is 9.33. The molecule has 0 radical (unpaired) electrons. The SMILES string of the molecule is Cc1cc(Oc2ccccc2)cc(C)c1PC(=O)c1ccc(C(C)(C)C)cc1.[H-].[Li+]. The first kappa shape index (κ1) is 23.4. The van der Waals surface area contributed by atoms with Gasteiger partial charge < -0.3 is 6.16 Å². The zero-order valence-electron chi connectivity index (χ0n) is 19.2. The Hall–Kier alpha value is -1.84. The molecule has 0 aliphatic heterocycles. The number of benzene rings is 3. The number of para-hydroxylation sites is 1. The van der Waals surface area contributed by atoms with Crippen LogP contribution in [0.4, 0.5) is 0 Å². The Bertz CT molecular complexity index is 957. The van der Waals surface area contributed by atoms with Crippen LogP contribution in [0.2, 0.25) is 0 Å². The van der Waals surface area contributed by atoms with Gasteiger partial charge in [-0.05, 0) is 74.1 Å². The molecule has 0 amide bonds. The molecule has 0 saturated heterocycles. The number of ether oxygens (including phenoxy) is 1. The van der Waals surface area contributed by atoms with Crippen molar-refractivity contribution in [2.24, 2.45) is 0 Å². The van der Waals surface area contributed by atoms with Gasteiger partial charge in [-0.25, -0.2) is 0 Å². The standard InChI is InChI=1S/C25H27O2P.Li.H/c1-17-15-22(27-21-9-7-6-8-10-21)16-18(2)23(17)28-24(26)19-11-13-20(14-12-19)25(3,4)5;;/h6-16,28H,1-5H3;;/q;+1;-1. The number of rotatable bonds is 5. The monoisotopic (exact) mass is 398 g/mol. The predicted molar refractivity (Wildman–Crippen MR) is 121 cm³/mol. The van der Waals surface area contributed by atoms with Crippen LogP contribution < -0.4 is 28.9 Å². The second kappa shape index (κ2) is 9.77. The Labute approximate surface area is 189 Å². The molecular weight excluding hydrogens is 370 g/mol. The number of aryl methyl sites for hydroxylation is 2. The summed E-state index contributed by atoms with van der Waals surface area (Å²) in [5.41, 5.74) is 4.44. The van der Waals surface area contributed by atoms with Gasteiger partial charge in [-0.3, -0.25) is 4.79 Å². The van der Waals surface area contributed by atoms with Crippen LogP contribution >= 0.6 is 8.58 Å². The molecule has 0 heterocycles. The molecular formula is C25H28LiO2P. The van der Waals surface area contributed by atoms with Crippen LogP contribution in [0.3, 0.4) is 0 Å². The molecule has 0 aromatic heterocycles. The van der Waals surface area contributed by atoms with Crippen molar-refractivity contribution >= 4 is 19.4 Å². The molecule has 1 atom stereocenters. The summed E-state index contributed by atoms with van der Waals surface area (Å²) in [7, 11) is 0.107. The van der Waals surface area contributed by atoms with E-state index >= 15 is 0 Å². The van der Waals surface area contributed by atoms with Crippen LogP contribution in [0.25, 0.3) is 0 Å². The van der Waals surface area contributed by atoms with Gasteiger partial charge in [0.05, 0.1) is 0 Å². The Morgan fingerprint density at radius 2 is 1.41 bits per heavy atom. The van der Waals surface area contributed by atoms with Gasteiger partial charge in [-0.2, -0.15) is 0 Å². The summed E-state index contributed by atoms with van der Waals surface area (Å²) >= 11 is 0. The van der Waals surface area contributed by atoms with Crippen molar-refractivity contribution in [3.63, 3.8) is 0 Å². The van der Waals surface area contributed by atoms with Crippen molar-refractivity contribution in [3.8, 4) is 11.5 Å². The van der Waals surface area contributed by atoms with E-state index < -0.39 is 0 Å². The van der Waals surface area contributed by atoms with Crippen LogP contribution in [0.1, 0.15) is 49.2 Å². The molecule has 4 heteroatoms. The van der Waals surface area contributed by atoms with Crippen molar-refractivity contribution in [1.82, 2.24) is 0 Å². The fraction of sp³-hybridized carbons (Fsp3) is 0.240. The average Bonchev–Trinajstić information content (AvgIpc) is 2.65. The van der Waals surface area contributed by atoms with Gasteiger partial charge in [-0.1, -0.05) is 63.2 Å². The minimum Gasteiger partial charge on any atom is -1.00 e. The molecule has 3 aromatic rings. The molecule has 1 unspecified atom stereocenters. The van der Waals surface area contributed by atoms with Gasteiger partial charge in [0.15, 0.2) is 5.52 Å². The fourth-order valence-electron chi connectivity index (χ4n) is 3.11. The molecule has 0 bridgehead atoms. The number of carbonyl (C=O) groups excluding carboxylic acids is 1. The zero-order chi connectivity index (χ0) is 20.3. The topological polar surface area (TPSA) is 26.3 Å². The summed E-state index contributed by atoms with van der Waals surface area (Å²) in [4.78, 5) is 12.8.